The van der Waals surface area contributed by atoms with Crippen molar-refractivity contribution in [2.24, 2.45) is 0 Å². The highest BCUT2D eigenvalue weighted by atomic mass is 35.5. The number of hydrogen-bond acceptors (Lipinski definition) is 5. The third-order valence-corrected chi connectivity index (χ3v) is 8.15. The van der Waals surface area contributed by atoms with Gasteiger partial charge in [-0.05, 0) is 44.9 Å². The van der Waals surface area contributed by atoms with Gasteiger partial charge in [0.25, 0.3) is 5.91 Å². The Morgan fingerprint density at radius 2 is 1.74 bits per heavy atom. The lowest BCUT2D eigenvalue weighted by atomic mass is 9.44. The number of hydrogen-bond donors (Lipinski definition) is 2. The third kappa shape index (κ3) is 4.45. The standard InChI is InChI=1S/C22H32ClFN2O5/c23-14-6-5-13(7-15(14)24)29-9-19(27)25-21-10-22(11-21,12-21)26-20(28)18-8-30-16-3-1-2-4-17(16)31-18/h13-18H,1-12H2,(H,25,27)(H,26,28)/t13?,14?,15?,16?,17?,18-,21?,22?/m1/s1. The number of halogens is 2. The Hall–Kier alpha value is -0.960. The first-order chi connectivity index (χ1) is 14.9. The van der Waals surface area contributed by atoms with E-state index in [0.29, 0.717) is 19.4 Å². The van der Waals surface area contributed by atoms with Crippen LogP contribution in [0.2, 0.25) is 0 Å². The van der Waals surface area contributed by atoms with E-state index >= 15 is 0 Å². The Morgan fingerprint density at radius 1 is 1.03 bits per heavy atom. The van der Waals surface area contributed by atoms with Crippen LogP contribution in [0.3, 0.4) is 0 Å². The number of fused-ring (bicyclic) bond motifs is 1. The SMILES string of the molecule is O=C(COC1CCC(Cl)C(F)C1)NC12CC(NC(=O)[C@H]3COC4CCCCC4O3)(C1)C2. The number of amides is 2. The fourth-order valence-electron chi connectivity index (χ4n) is 6.12. The van der Waals surface area contributed by atoms with Gasteiger partial charge in [0.15, 0.2) is 6.10 Å². The highest BCUT2D eigenvalue weighted by molar-refractivity contribution is 6.21. The molecule has 2 bridgehead atoms. The molecule has 2 amide bonds. The van der Waals surface area contributed by atoms with Gasteiger partial charge in [0.2, 0.25) is 5.91 Å². The molecule has 0 spiro atoms. The molecular weight excluding hydrogens is 427 g/mol. The molecule has 31 heavy (non-hydrogen) atoms. The minimum absolute atomic E-state index is 0.0315. The van der Waals surface area contributed by atoms with Crippen LogP contribution in [0.15, 0.2) is 0 Å². The molecule has 5 unspecified atom stereocenters. The van der Waals surface area contributed by atoms with Gasteiger partial charge in [-0.1, -0.05) is 12.8 Å². The molecule has 6 rings (SSSR count). The first-order valence-corrected chi connectivity index (χ1v) is 12.1. The van der Waals surface area contributed by atoms with Gasteiger partial charge in [0.1, 0.15) is 12.8 Å². The Labute approximate surface area is 187 Å². The largest absolute Gasteiger partial charge is 0.372 e. The van der Waals surface area contributed by atoms with Crippen molar-refractivity contribution in [3.8, 4) is 0 Å². The zero-order valence-electron chi connectivity index (χ0n) is 17.7. The minimum Gasteiger partial charge on any atom is -0.372 e. The van der Waals surface area contributed by atoms with E-state index in [-0.39, 0.29) is 54.2 Å². The molecule has 6 aliphatic rings. The fraction of sp³-hybridized carbons (Fsp3) is 0.909. The molecule has 0 aromatic heterocycles. The van der Waals surface area contributed by atoms with Crippen LogP contribution in [-0.4, -0.2) is 72.1 Å². The zero-order chi connectivity index (χ0) is 21.6. The van der Waals surface area contributed by atoms with Crippen molar-refractivity contribution < 1.29 is 28.2 Å². The zero-order valence-corrected chi connectivity index (χ0v) is 18.5. The van der Waals surface area contributed by atoms with Crippen LogP contribution >= 0.6 is 11.6 Å². The second kappa shape index (κ2) is 8.43. The van der Waals surface area contributed by atoms with E-state index < -0.39 is 17.7 Å². The monoisotopic (exact) mass is 458 g/mol. The Morgan fingerprint density at radius 3 is 2.48 bits per heavy atom. The summed E-state index contributed by atoms with van der Waals surface area (Å²) in [7, 11) is 0. The summed E-state index contributed by atoms with van der Waals surface area (Å²) >= 11 is 5.89. The molecule has 5 aliphatic carbocycles. The van der Waals surface area contributed by atoms with E-state index in [2.05, 4.69) is 10.6 Å². The van der Waals surface area contributed by atoms with Crippen LogP contribution in [-0.2, 0) is 23.8 Å². The van der Waals surface area contributed by atoms with Gasteiger partial charge >= 0.3 is 0 Å². The molecular formula is C22H32ClFN2O5. The molecule has 2 N–H and O–H groups in total. The topological polar surface area (TPSA) is 85.9 Å². The number of carbonyl (C=O) groups is 2. The molecule has 6 fully saturated rings. The average molecular weight is 459 g/mol. The molecule has 5 saturated carbocycles. The molecule has 0 aromatic rings. The van der Waals surface area contributed by atoms with Crippen molar-refractivity contribution in [2.75, 3.05) is 13.2 Å². The summed E-state index contributed by atoms with van der Waals surface area (Å²) < 4.78 is 31.2. The Kier molecular flexibility index (Phi) is 5.95. The van der Waals surface area contributed by atoms with Crippen LogP contribution in [0.25, 0.3) is 0 Å². The predicted molar refractivity (Wildman–Crippen MR) is 111 cm³/mol. The summed E-state index contributed by atoms with van der Waals surface area (Å²) in [6, 6.07) is 0. The first kappa shape index (κ1) is 21.9. The van der Waals surface area contributed by atoms with Gasteiger partial charge in [-0.3, -0.25) is 9.59 Å². The highest BCUT2D eigenvalue weighted by Gasteiger charge is 2.69. The van der Waals surface area contributed by atoms with Crippen molar-refractivity contribution in [1.29, 1.82) is 0 Å². The summed E-state index contributed by atoms with van der Waals surface area (Å²) in [5, 5.41) is 5.73. The fourth-order valence-corrected chi connectivity index (χ4v) is 6.35. The molecule has 9 heteroatoms. The molecule has 7 nitrogen and oxygen atoms in total. The van der Waals surface area contributed by atoms with Crippen LogP contribution in [0.5, 0.6) is 0 Å². The minimum atomic E-state index is -1.08. The van der Waals surface area contributed by atoms with Gasteiger partial charge < -0.3 is 24.8 Å². The summed E-state index contributed by atoms with van der Waals surface area (Å²) in [6.45, 7) is 0.245. The number of carbonyl (C=O) groups excluding carboxylic acids is 2. The third-order valence-electron chi connectivity index (χ3n) is 7.65. The van der Waals surface area contributed by atoms with E-state index in [1.165, 1.54) is 0 Å². The normalized spacial score (nSPS) is 46.1. The summed E-state index contributed by atoms with van der Waals surface area (Å²) in [6.07, 6.45) is 6.20. The lowest BCUT2D eigenvalue weighted by molar-refractivity contribution is -0.201. The Balaban J connectivity index is 1.02. The molecule has 1 heterocycles. The van der Waals surface area contributed by atoms with Gasteiger partial charge in [-0.25, -0.2) is 4.39 Å². The summed E-state index contributed by atoms with van der Waals surface area (Å²) in [5.74, 6) is -0.293. The van der Waals surface area contributed by atoms with Crippen molar-refractivity contribution in [2.45, 2.75) is 111 Å². The van der Waals surface area contributed by atoms with E-state index in [9.17, 15) is 14.0 Å². The maximum absolute atomic E-state index is 13.7. The molecule has 1 aliphatic heterocycles. The van der Waals surface area contributed by atoms with Gasteiger partial charge in [0, 0.05) is 17.5 Å². The maximum atomic E-state index is 13.7. The Bertz CT molecular complexity index is 704. The van der Waals surface area contributed by atoms with Crippen LogP contribution in [0, 0.1) is 0 Å². The van der Waals surface area contributed by atoms with Crippen molar-refractivity contribution in [3.63, 3.8) is 0 Å². The van der Waals surface area contributed by atoms with E-state index in [4.69, 9.17) is 25.8 Å². The number of rotatable bonds is 6. The molecule has 1 saturated heterocycles. The van der Waals surface area contributed by atoms with E-state index in [1.54, 1.807) is 0 Å². The van der Waals surface area contributed by atoms with Crippen LogP contribution in [0.1, 0.15) is 64.2 Å². The molecule has 174 valence electrons. The van der Waals surface area contributed by atoms with E-state index in [0.717, 1.165) is 44.9 Å². The lowest BCUT2D eigenvalue weighted by Crippen LogP contribution is -2.84. The number of alkyl halides is 2. The lowest BCUT2D eigenvalue weighted by Gasteiger charge is -2.70. The second-order valence-corrected chi connectivity index (χ2v) is 10.8. The van der Waals surface area contributed by atoms with Crippen molar-refractivity contribution >= 4 is 23.4 Å². The average Bonchev–Trinajstić information content (AvgIpc) is 2.71. The smallest absolute Gasteiger partial charge is 0.251 e. The van der Waals surface area contributed by atoms with Gasteiger partial charge in [0.05, 0.1) is 30.3 Å². The molecule has 6 atom stereocenters. The van der Waals surface area contributed by atoms with Crippen LogP contribution in [0.4, 0.5) is 4.39 Å². The highest BCUT2D eigenvalue weighted by Crippen LogP contribution is 2.60. The first-order valence-electron chi connectivity index (χ1n) is 11.7. The quantitative estimate of drug-likeness (QED) is 0.595. The molecule has 0 aromatic carbocycles. The summed E-state index contributed by atoms with van der Waals surface area (Å²) in [4.78, 5) is 25.0. The van der Waals surface area contributed by atoms with Crippen molar-refractivity contribution in [3.05, 3.63) is 0 Å². The predicted octanol–water partition coefficient (Wildman–Crippen LogP) is 2.14. The van der Waals surface area contributed by atoms with Gasteiger partial charge in [-0.2, -0.15) is 0 Å². The van der Waals surface area contributed by atoms with E-state index in [1.807, 2.05) is 0 Å². The second-order valence-electron chi connectivity index (χ2n) is 10.2. The summed E-state index contributed by atoms with van der Waals surface area (Å²) in [5.41, 5.74) is -0.485. The maximum Gasteiger partial charge on any atom is 0.251 e. The van der Waals surface area contributed by atoms with Crippen molar-refractivity contribution in [1.82, 2.24) is 10.6 Å². The van der Waals surface area contributed by atoms with Gasteiger partial charge in [-0.15, -0.1) is 11.6 Å². The molecule has 0 radical (unpaired) electrons. The number of nitrogens with one attached hydrogen (secondary N) is 2. The van der Waals surface area contributed by atoms with Crippen LogP contribution < -0.4 is 10.6 Å². The number of ether oxygens (including phenoxy) is 3.